The second-order valence-corrected chi connectivity index (χ2v) is 3.46. The van der Waals surface area contributed by atoms with Crippen molar-refractivity contribution in [3.63, 3.8) is 0 Å². The highest BCUT2D eigenvalue weighted by Crippen LogP contribution is 2.15. The highest BCUT2D eigenvalue weighted by molar-refractivity contribution is 5.96. The third-order valence-corrected chi connectivity index (χ3v) is 2.05. The van der Waals surface area contributed by atoms with Gasteiger partial charge in [-0.15, -0.1) is 0 Å². The van der Waals surface area contributed by atoms with Gasteiger partial charge in [0.2, 0.25) is 5.91 Å². The SMILES string of the molecule is COC(=O)c1cc(NC(=O)[C@H](C)N)ccc1F. The molecule has 6 heteroatoms. The van der Waals surface area contributed by atoms with Gasteiger partial charge in [-0.1, -0.05) is 0 Å². The molecule has 0 aromatic heterocycles. The largest absolute Gasteiger partial charge is 0.465 e. The first-order chi connectivity index (χ1) is 7.95. The number of halogens is 1. The summed E-state index contributed by atoms with van der Waals surface area (Å²) in [4.78, 5) is 22.5. The number of esters is 1. The second kappa shape index (κ2) is 5.40. The number of methoxy groups -OCH3 is 1. The molecule has 0 fully saturated rings. The Morgan fingerprint density at radius 2 is 2.12 bits per heavy atom. The molecule has 0 aliphatic carbocycles. The number of ether oxygens (including phenoxy) is 1. The molecular formula is C11H13FN2O3. The van der Waals surface area contributed by atoms with E-state index in [0.717, 1.165) is 13.2 Å². The lowest BCUT2D eigenvalue weighted by molar-refractivity contribution is -0.117. The standard InChI is InChI=1S/C11H13FN2O3/c1-6(13)10(15)14-7-3-4-9(12)8(5-7)11(16)17-2/h3-6H,13H2,1-2H3,(H,14,15)/t6-/m0/s1. The zero-order valence-electron chi connectivity index (χ0n) is 9.49. The van der Waals surface area contributed by atoms with Crippen LogP contribution in [0.3, 0.4) is 0 Å². The molecule has 1 rings (SSSR count). The molecule has 0 aliphatic rings. The molecule has 1 amide bonds. The molecule has 0 aliphatic heterocycles. The van der Waals surface area contributed by atoms with Crippen LogP contribution in [0.5, 0.6) is 0 Å². The molecule has 0 radical (unpaired) electrons. The number of amides is 1. The minimum Gasteiger partial charge on any atom is -0.465 e. The van der Waals surface area contributed by atoms with E-state index in [9.17, 15) is 14.0 Å². The van der Waals surface area contributed by atoms with Crippen molar-refractivity contribution < 1.29 is 18.7 Å². The van der Waals surface area contributed by atoms with Crippen molar-refractivity contribution in [2.24, 2.45) is 5.73 Å². The van der Waals surface area contributed by atoms with Crippen LogP contribution in [0.15, 0.2) is 18.2 Å². The van der Waals surface area contributed by atoms with E-state index >= 15 is 0 Å². The zero-order chi connectivity index (χ0) is 13.0. The van der Waals surface area contributed by atoms with Crippen LogP contribution in [0, 0.1) is 5.82 Å². The summed E-state index contributed by atoms with van der Waals surface area (Å²) in [7, 11) is 1.15. The van der Waals surface area contributed by atoms with Gasteiger partial charge in [0.05, 0.1) is 18.7 Å². The number of hydrogen-bond donors (Lipinski definition) is 2. The van der Waals surface area contributed by atoms with Crippen LogP contribution >= 0.6 is 0 Å². The van der Waals surface area contributed by atoms with E-state index < -0.39 is 23.7 Å². The molecule has 0 saturated heterocycles. The van der Waals surface area contributed by atoms with Crippen LogP contribution in [-0.2, 0) is 9.53 Å². The summed E-state index contributed by atoms with van der Waals surface area (Å²) < 4.78 is 17.7. The molecular weight excluding hydrogens is 227 g/mol. The van der Waals surface area contributed by atoms with Gasteiger partial charge in [0.25, 0.3) is 0 Å². The van der Waals surface area contributed by atoms with E-state index in [1.54, 1.807) is 0 Å². The lowest BCUT2D eigenvalue weighted by Crippen LogP contribution is -2.32. The lowest BCUT2D eigenvalue weighted by atomic mass is 10.2. The molecule has 1 atom stereocenters. The molecule has 3 N–H and O–H groups in total. The zero-order valence-corrected chi connectivity index (χ0v) is 9.49. The summed E-state index contributed by atoms with van der Waals surface area (Å²) in [5, 5.41) is 2.45. The van der Waals surface area contributed by atoms with Gasteiger partial charge in [-0.2, -0.15) is 0 Å². The molecule has 0 unspecified atom stereocenters. The fourth-order valence-corrected chi connectivity index (χ4v) is 1.13. The summed E-state index contributed by atoms with van der Waals surface area (Å²) in [6.45, 7) is 1.51. The minimum absolute atomic E-state index is 0.241. The molecule has 92 valence electrons. The van der Waals surface area contributed by atoms with Crippen molar-refractivity contribution in [1.82, 2.24) is 0 Å². The van der Waals surface area contributed by atoms with Crippen LogP contribution in [0.2, 0.25) is 0 Å². The minimum atomic E-state index is -0.806. The first-order valence-corrected chi connectivity index (χ1v) is 4.90. The molecule has 1 aromatic rings. The van der Waals surface area contributed by atoms with E-state index in [-0.39, 0.29) is 11.3 Å². The Bertz CT molecular complexity index is 446. The second-order valence-electron chi connectivity index (χ2n) is 3.46. The molecule has 0 saturated carbocycles. The van der Waals surface area contributed by atoms with Crippen LogP contribution in [0.25, 0.3) is 0 Å². The smallest absolute Gasteiger partial charge is 0.340 e. The summed E-state index contributed by atoms with van der Waals surface area (Å²) in [6, 6.07) is 2.91. The molecule has 0 spiro atoms. The Kier molecular flexibility index (Phi) is 4.17. The number of nitrogens with one attached hydrogen (secondary N) is 1. The number of hydrogen-bond acceptors (Lipinski definition) is 4. The van der Waals surface area contributed by atoms with Crippen LogP contribution in [0.4, 0.5) is 10.1 Å². The predicted octanol–water partition coefficient (Wildman–Crippen LogP) is 0.898. The number of anilines is 1. The van der Waals surface area contributed by atoms with Gasteiger partial charge in [0.15, 0.2) is 0 Å². The van der Waals surface area contributed by atoms with E-state index in [2.05, 4.69) is 10.1 Å². The van der Waals surface area contributed by atoms with Crippen molar-refractivity contribution in [3.8, 4) is 0 Å². The van der Waals surface area contributed by atoms with Crippen molar-refractivity contribution in [2.45, 2.75) is 13.0 Å². The van der Waals surface area contributed by atoms with Gasteiger partial charge in [-0.05, 0) is 25.1 Å². The number of rotatable bonds is 3. The van der Waals surface area contributed by atoms with E-state index in [1.165, 1.54) is 19.1 Å². The monoisotopic (exact) mass is 240 g/mol. The van der Waals surface area contributed by atoms with Gasteiger partial charge in [0.1, 0.15) is 5.82 Å². The molecule has 5 nitrogen and oxygen atoms in total. The first kappa shape index (κ1) is 13.1. The molecule has 17 heavy (non-hydrogen) atoms. The Labute approximate surface area is 97.7 Å². The maximum atomic E-state index is 13.3. The van der Waals surface area contributed by atoms with Crippen molar-refractivity contribution in [1.29, 1.82) is 0 Å². The normalized spacial score (nSPS) is 11.8. The predicted molar refractivity (Wildman–Crippen MR) is 60.0 cm³/mol. The van der Waals surface area contributed by atoms with Gasteiger partial charge in [-0.25, -0.2) is 9.18 Å². The molecule has 0 heterocycles. The highest BCUT2D eigenvalue weighted by atomic mass is 19.1. The quantitative estimate of drug-likeness (QED) is 0.769. The van der Waals surface area contributed by atoms with E-state index in [0.29, 0.717) is 0 Å². The van der Waals surface area contributed by atoms with Crippen molar-refractivity contribution in [2.75, 3.05) is 12.4 Å². The summed E-state index contributed by atoms with van der Waals surface area (Å²) in [5.41, 5.74) is 5.41. The Morgan fingerprint density at radius 1 is 1.47 bits per heavy atom. The summed E-state index contributed by atoms with van der Waals surface area (Å²) >= 11 is 0. The molecule has 0 bridgehead atoms. The molecule has 1 aromatic carbocycles. The first-order valence-electron chi connectivity index (χ1n) is 4.90. The van der Waals surface area contributed by atoms with Gasteiger partial charge in [-0.3, -0.25) is 4.79 Å². The summed E-state index contributed by atoms with van der Waals surface area (Å²) in [5.74, 6) is -1.94. The van der Waals surface area contributed by atoms with E-state index in [1.807, 2.05) is 0 Å². The summed E-state index contributed by atoms with van der Waals surface area (Å²) in [6.07, 6.45) is 0. The van der Waals surface area contributed by atoms with Crippen LogP contribution in [-0.4, -0.2) is 25.0 Å². The van der Waals surface area contributed by atoms with Gasteiger partial charge in [0, 0.05) is 5.69 Å². The average molecular weight is 240 g/mol. The highest BCUT2D eigenvalue weighted by Gasteiger charge is 2.14. The maximum Gasteiger partial charge on any atom is 0.340 e. The topological polar surface area (TPSA) is 81.4 Å². The third kappa shape index (κ3) is 3.25. The number of nitrogens with two attached hydrogens (primary N) is 1. The van der Waals surface area contributed by atoms with Gasteiger partial charge >= 0.3 is 5.97 Å². The number of carbonyl (C=O) groups is 2. The van der Waals surface area contributed by atoms with Gasteiger partial charge < -0.3 is 15.8 Å². The van der Waals surface area contributed by atoms with Crippen LogP contribution < -0.4 is 11.1 Å². The Morgan fingerprint density at radius 3 is 2.65 bits per heavy atom. The Balaban J connectivity index is 2.97. The third-order valence-electron chi connectivity index (χ3n) is 2.05. The van der Waals surface area contributed by atoms with E-state index in [4.69, 9.17) is 5.73 Å². The maximum absolute atomic E-state index is 13.3. The number of benzene rings is 1. The lowest BCUT2D eigenvalue weighted by Gasteiger charge is -2.09. The average Bonchev–Trinajstić information content (AvgIpc) is 2.30. The van der Waals surface area contributed by atoms with Crippen molar-refractivity contribution in [3.05, 3.63) is 29.6 Å². The number of carbonyl (C=O) groups excluding carboxylic acids is 2. The Hall–Kier alpha value is -1.95. The fraction of sp³-hybridized carbons (Fsp3) is 0.273. The van der Waals surface area contributed by atoms with Crippen molar-refractivity contribution >= 4 is 17.6 Å². The van der Waals surface area contributed by atoms with Crippen LogP contribution in [0.1, 0.15) is 17.3 Å². The fourth-order valence-electron chi connectivity index (χ4n) is 1.13.